The fourth-order valence-corrected chi connectivity index (χ4v) is 2.34. The van der Waals surface area contributed by atoms with Gasteiger partial charge in [-0.1, -0.05) is 22.9 Å². The SMILES string of the molecule is Cc1ccc(Cl)c(OCc2cn(Cc3cnc(C)nc3N)nn2)c1. The van der Waals surface area contributed by atoms with Crippen LogP contribution in [0.25, 0.3) is 0 Å². The first-order chi connectivity index (χ1) is 11.5. The van der Waals surface area contributed by atoms with Gasteiger partial charge in [0, 0.05) is 11.8 Å². The predicted molar refractivity (Wildman–Crippen MR) is 90.8 cm³/mol. The molecule has 2 heterocycles. The number of ether oxygens (including phenoxy) is 1. The third-order valence-corrected chi connectivity index (χ3v) is 3.71. The highest BCUT2D eigenvalue weighted by Gasteiger charge is 2.08. The molecule has 0 atom stereocenters. The molecule has 0 fully saturated rings. The summed E-state index contributed by atoms with van der Waals surface area (Å²) in [6, 6.07) is 5.62. The maximum absolute atomic E-state index is 6.11. The number of hydrogen-bond donors (Lipinski definition) is 1. The van der Waals surface area contributed by atoms with Crippen LogP contribution >= 0.6 is 11.6 Å². The number of nitrogens with two attached hydrogens (primary N) is 1. The molecule has 1 aromatic carbocycles. The van der Waals surface area contributed by atoms with E-state index in [0.717, 1.165) is 11.1 Å². The number of halogens is 1. The maximum atomic E-state index is 6.11. The molecule has 0 amide bonds. The number of nitrogen functional groups attached to an aromatic ring is 1. The van der Waals surface area contributed by atoms with Crippen molar-refractivity contribution in [2.24, 2.45) is 0 Å². The Hall–Kier alpha value is -2.67. The molecule has 0 spiro atoms. The number of benzene rings is 1. The summed E-state index contributed by atoms with van der Waals surface area (Å²) in [6.07, 6.45) is 3.49. The number of rotatable bonds is 5. The zero-order chi connectivity index (χ0) is 17.1. The highest BCUT2D eigenvalue weighted by molar-refractivity contribution is 6.32. The Bertz CT molecular complexity index is 864. The van der Waals surface area contributed by atoms with Crippen molar-refractivity contribution in [1.29, 1.82) is 0 Å². The first kappa shape index (κ1) is 16.2. The number of nitrogens with zero attached hydrogens (tertiary/aromatic N) is 5. The Kier molecular flexibility index (Phi) is 4.61. The van der Waals surface area contributed by atoms with Crippen LogP contribution in [-0.4, -0.2) is 25.0 Å². The van der Waals surface area contributed by atoms with Gasteiger partial charge in [-0.25, -0.2) is 14.6 Å². The van der Waals surface area contributed by atoms with E-state index >= 15 is 0 Å². The van der Waals surface area contributed by atoms with Crippen molar-refractivity contribution in [1.82, 2.24) is 25.0 Å². The molecule has 24 heavy (non-hydrogen) atoms. The summed E-state index contributed by atoms with van der Waals surface area (Å²) in [5.41, 5.74) is 8.45. The molecule has 3 aromatic rings. The Balaban J connectivity index is 1.66. The van der Waals surface area contributed by atoms with Crippen molar-refractivity contribution >= 4 is 17.4 Å². The minimum Gasteiger partial charge on any atom is -0.486 e. The molecule has 0 radical (unpaired) electrons. The molecule has 0 aliphatic carbocycles. The number of hydrogen-bond acceptors (Lipinski definition) is 6. The number of aromatic nitrogens is 5. The zero-order valence-corrected chi connectivity index (χ0v) is 14.2. The van der Waals surface area contributed by atoms with Crippen LogP contribution in [-0.2, 0) is 13.2 Å². The van der Waals surface area contributed by atoms with Crippen LogP contribution < -0.4 is 10.5 Å². The van der Waals surface area contributed by atoms with E-state index in [0.29, 0.717) is 34.7 Å². The van der Waals surface area contributed by atoms with Crippen molar-refractivity contribution in [3.8, 4) is 5.75 Å². The van der Waals surface area contributed by atoms with Crippen LogP contribution in [0.4, 0.5) is 5.82 Å². The molecule has 0 aliphatic heterocycles. The van der Waals surface area contributed by atoms with Gasteiger partial charge in [0.1, 0.15) is 29.7 Å². The molecule has 7 nitrogen and oxygen atoms in total. The summed E-state index contributed by atoms with van der Waals surface area (Å²) in [4.78, 5) is 8.28. The molecular weight excluding hydrogens is 328 g/mol. The van der Waals surface area contributed by atoms with Crippen LogP contribution in [0.2, 0.25) is 5.02 Å². The second kappa shape index (κ2) is 6.84. The molecule has 8 heteroatoms. The van der Waals surface area contributed by atoms with Crippen LogP contribution in [0.15, 0.2) is 30.6 Å². The normalized spacial score (nSPS) is 10.8. The van der Waals surface area contributed by atoms with E-state index in [1.165, 1.54) is 0 Å². The van der Waals surface area contributed by atoms with Gasteiger partial charge in [0.15, 0.2) is 0 Å². The lowest BCUT2D eigenvalue weighted by atomic mass is 10.2. The third kappa shape index (κ3) is 3.80. The lowest BCUT2D eigenvalue weighted by molar-refractivity contribution is 0.301. The smallest absolute Gasteiger partial charge is 0.138 e. The van der Waals surface area contributed by atoms with Crippen molar-refractivity contribution < 1.29 is 4.74 Å². The van der Waals surface area contributed by atoms with Gasteiger partial charge in [0.05, 0.1) is 17.8 Å². The van der Waals surface area contributed by atoms with Crippen LogP contribution in [0.5, 0.6) is 5.75 Å². The molecule has 0 saturated carbocycles. The Labute approximate surface area is 144 Å². The number of anilines is 1. The molecule has 0 aliphatic rings. The standard InChI is InChI=1S/C16H17ClN6O/c1-10-3-4-14(17)15(5-10)24-9-13-8-23(22-21-13)7-12-6-19-11(2)20-16(12)18/h3-6,8H,7,9H2,1-2H3,(H2,18,19,20). The minimum absolute atomic E-state index is 0.281. The summed E-state index contributed by atoms with van der Waals surface area (Å²) in [7, 11) is 0. The van der Waals surface area contributed by atoms with E-state index in [9.17, 15) is 0 Å². The Morgan fingerprint density at radius 2 is 2.12 bits per heavy atom. The van der Waals surface area contributed by atoms with Crippen LogP contribution in [0.1, 0.15) is 22.6 Å². The monoisotopic (exact) mass is 344 g/mol. The fraction of sp³-hybridized carbons (Fsp3) is 0.250. The van der Waals surface area contributed by atoms with Crippen molar-refractivity contribution in [2.75, 3.05) is 5.73 Å². The summed E-state index contributed by atoms with van der Waals surface area (Å²) in [5, 5.41) is 8.73. The quantitative estimate of drug-likeness (QED) is 0.764. The molecule has 124 valence electrons. The molecule has 0 bridgehead atoms. The van der Waals surface area contributed by atoms with Crippen LogP contribution in [0, 0.1) is 13.8 Å². The average Bonchev–Trinajstić information content (AvgIpc) is 2.99. The van der Waals surface area contributed by atoms with E-state index < -0.39 is 0 Å². The van der Waals surface area contributed by atoms with Crippen molar-refractivity contribution in [3.05, 3.63) is 58.3 Å². The summed E-state index contributed by atoms with van der Waals surface area (Å²) in [5.74, 6) is 1.71. The Morgan fingerprint density at radius 3 is 2.92 bits per heavy atom. The lowest BCUT2D eigenvalue weighted by Crippen LogP contribution is -2.07. The maximum Gasteiger partial charge on any atom is 0.138 e. The summed E-state index contributed by atoms with van der Waals surface area (Å²) < 4.78 is 7.38. The van der Waals surface area contributed by atoms with Gasteiger partial charge in [0.25, 0.3) is 0 Å². The highest BCUT2D eigenvalue weighted by Crippen LogP contribution is 2.25. The second-order valence-electron chi connectivity index (χ2n) is 5.46. The van der Waals surface area contributed by atoms with Gasteiger partial charge < -0.3 is 10.5 Å². The van der Waals surface area contributed by atoms with Gasteiger partial charge in [-0.3, -0.25) is 0 Å². The molecule has 2 aromatic heterocycles. The van der Waals surface area contributed by atoms with Gasteiger partial charge in [-0.15, -0.1) is 5.10 Å². The van der Waals surface area contributed by atoms with E-state index in [1.54, 1.807) is 24.0 Å². The first-order valence-electron chi connectivity index (χ1n) is 7.37. The molecule has 2 N–H and O–H groups in total. The second-order valence-corrected chi connectivity index (χ2v) is 5.86. The largest absolute Gasteiger partial charge is 0.486 e. The predicted octanol–water partition coefficient (Wildman–Crippen LogP) is 2.55. The van der Waals surface area contributed by atoms with Crippen LogP contribution in [0.3, 0.4) is 0 Å². The van der Waals surface area contributed by atoms with Crippen molar-refractivity contribution in [3.63, 3.8) is 0 Å². The topological polar surface area (TPSA) is 91.7 Å². The summed E-state index contributed by atoms with van der Waals surface area (Å²) >= 11 is 6.11. The third-order valence-electron chi connectivity index (χ3n) is 3.40. The van der Waals surface area contributed by atoms with Gasteiger partial charge in [-0.2, -0.15) is 0 Å². The van der Waals surface area contributed by atoms with E-state index in [-0.39, 0.29) is 6.61 Å². The molecule has 0 unspecified atom stereocenters. The highest BCUT2D eigenvalue weighted by atomic mass is 35.5. The molecule has 3 rings (SSSR count). The van der Waals surface area contributed by atoms with Gasteiger partial charge >= 0.3 is 0 Å². The van der Waals surface area contributed by atoms with Gasteiger partial charge in [-0.05, 0) is 31.5 Å². The van der Waals surface area contributed by atoms with E-state index in [2.05, 4.69) is 20.3 Å². The summed E-state index contributed by atoms with van der Waals surface area (Å²) in [6.45, 7) is 4.50. The van der Waals surface area contributed by atoms with Gasteiger partial charge in [0.2, 0.25) is 0 Å². The first-order valence-corrected chi connectivity index (χ1v) is 7.75. The zero-order valence-electron chi connectivity index (χ0n) is 13.4. The number of aryl methyl sites for hydroxylation is 2. The van der Waals surface area contributed by atoms with E-state index in [1.807, 2.05) is 25.1 Å². The average molecular weight is 345 g/mol. The van der Waals surface area contributed by atoms with Crippen molar-refractivity contribution in [2.45, 2.75) is 27.0 Å². The molecule has 0 saturated heterocycles. The Morgan fingerprint density at radius 1 is 1.29 bits per heavy atom. The van der Waals surface area contributed by atoms with E-state index in [4.69, 9.17) is 22.1 Å². The molecular formula is C16H17ClN6O. The lowest BCUT2D eigenvalue weighted by Gasteiger charge is -2.07. The minimum atomic E-state index is 0.281. The fourth-order valence-electron chi connectivity index (χ4n) is 2.16.